The van der Waals surface area contributed by atoms with Crippen molar-refractivity contribution in [1.29, 1.82) is 0 Å². The van der Waals surface area contributed by atoms with Crippen LogP contribution in [0.3, 0.4) is 0 Å². The molecule has 1 saturated heterocycles. The number of carbonyl (C=O) groups is 2. The summed E-state index contributed by atoms with van der Waals surface area (Å²) in [7, 11) is 1.34. The van der Waals surface area contributed by atoms with Crippen LogP contribution in [-0.4, -0.2) is 41.6 Å². The molecular formula is C15H19NO4. The number of methoxy groups -OCH3 is 1. The summed E-state index contributed by atoms with van der Waals surface area (Å²) in [6, 6.07) is 6.26. The molecule has 1 N–H and O–H groups in total. The maximum atomic E-state index is 12.4. The number of phenolic OH excluding ortho intramolecular Hbond substituents is 1. The van der Waals surface area contributed by atoms with Gasteiger partial charge in [0, 0.05) is 12.1 Å². The van der Waals surface area contributed by atoms with Gasteiger partial charge in [-0.3, -0.25) is 4.79 Å². The molecule has 20 heavy (non-hydrogen) atoms. The van der Waals surface area contributed by atoms with Crippen molar-refractivity contribution in [3.05, 3.63) is 29.8 Å². The predicted molar refractivity (Wildman–Crippen MR) is 73.2 cm³/mol. The Kier molecular flexibility index (Phi) is 4.61. The van der Waals surface area contributed by atoms with Gasteiger partial charge in [-0.2, -0.15) is 0 Å². The molecule has 0 saturated carbocycles. The van der Waals surface area contributed by atoms with E-state index in [0.29, 0.717) is 18.5 Å². The van der Waals surface area contributed by atoms with Gasteiger partial charge in [-0.05, 0) is 25.3 Å². The predicted octanol–water partition coefficient (Wildman–Crippen LogP) is 1.49. The first-order valence-electron chi connectivity index (χ1n) is 6.77. The molecule has 0 aliphatic carbocycles. The second kappa shape index (κ2) is 6.41. The Labute approximate surface area is 118 Å². The van der Waals surface area contributed by atoms with Gasteiger partial charge in [-0.25, -0.2) is 4.79 Å². The van der Waals surface area contributed by atoms with E-state index in [0.717, 1.165) is 12.8 Å². The molecule has 1 aliphatic rings. The van der Waals surface area contributed by atoms with Gasteiger partial charge >= 0.3 is 5.97 Å². The number of phenols is 1. The molecule has 1 atom stereocenters. The summed E-state index contributed by atoms with van der Waals surface area (Å²) in [6.07, 6.45) is 2.54. The summed E-state index contributed by atoms with van der Waals surface area (Å²) in [5, 5.41) is 9.72. The Balaban J connectivity index is 2.10. The molecular weight excluding hydrogens is 258 g/mol. The average molecular weight is 277 g/mol. The summed E-state index contributed by atoms with van der Waals surface area (Å²) in [5.74, 6) is -0.413. The lowest BCUT2D eigenvalue weighted by Crippen LogP contribution is -2.49. The Bertz CT molecular complexity index is 500. The van der Waals surface area contributed by atoms with Gasteiger partial charge in [-0.1, -0.05) is 18.2 Å². The smallest absolute Gasteiger partial charge is 0.328 e. The second-order valence-electron chi connectivity index (χ2n) is 4.93. The minimum atomic E-state index is -0.493. The molecule has 1 heterocycles. The first-order chi connectivity index (χ1) is 9.63. The highest BCUT2D eigenvalue weighted by Crippen LogP contribution is 2.22. The Morgan fingerprint density at radius 3 is 2.80 bits per heavy atom. The van der Waals surface area contributed by atoms with Crippen molar-refractivity contribution in [3.8, 4) is 5.75 Å². The minimum Gasteiger partial charge on any atom is -0.508 e. The van der Waals surface area contributed by atoms with Crippen LogP contribution < -0.4 is 0 Å². The number of benzene rings is 1. The standard InChI is InChI=1S/C15H19NO4/c1-20-15(19)12-7-4-5-9-16(12)14(18)10-11-6-2-3-8-13(11)17/h2-3,6,8,12,17H,4-5,7,9-10H2,1H3/t12-/m1/s1. The molecule has 108 valence electrons. The topological polar surface area (TPSA) is 66.8 Å². The molecule has 0 spiro atoms. The molecule has 5 heteroatoms. The van der Waals surface area contributed by atoms with Crippen LogP contribution in [0.4, 0.5) is 0 Å². The monoisotopic (exact) mass is 277 g/mol. The number of hydrogen-bond acceptors (Lipinski definition) is 4. The van der Waals surface area contributed by atoms with E-state index in [4.69, 9.17) is 4.74 Å². The molecule has 0 unspecified atom stereocenters. The first-order valence-corrected chi connectivity index (χ1v) is 6.77. The SMILES string of the molecule is COC(=O)[C@H]1CCCCN1C(=O)Cc1ccccc1O. The maximum Gasteiger partial charge on any atom is 0.328 e. The normalized spacial score (nSPS) is 18.6. The highest BCUT2D eigenvalue weighted by molar-refractivity contribution is 5.86. The quantitative estimate of drug-likeness (QED) is 0.850. The third kappa shape index (κ3) is 3.10. The number of amides is 1. The lowest BCUT2D eigenvalue weighted by Gasteiger charge is -2.33. The van der Waals surface area contributed by atoms with E-state index in [1.54, 1.807) is 29.2 Å². The van der Waals surface area contributed by atoms with E-state index in [1.807, 2.05) is 0 Å². The highest BCUT2D eigenvalue weighted by atomic mass is 16.5. The number of esters is 1. The Morgan fingerprint density at radius 1 is 1.35 bits per heavy atom. The number of rotatable bonds is 3. The molecule has 0 bridgehead atoms. The van der Waals surface area contributed by atoms with E-state index >= 15 is 0 Å². The van der Waals surface area contributed by atoms with E-state index < -0.39 is 6.04 Å². The number of carbonyl (C=O) groups excluding carboxylic acids is 2. The summed E-state index contributed by atoms with van der Waals surface area (Å²) < 4.78 is 4.76. The minimum absolute atomic E-state index is 0.0974. The van der Waals surface area contributed by atoms with Crippen molar-refractivity contribution in [3.63, 3.8) is 0 Å². The summed E-state index contributed by atoms with van der Waals surface area (Å²) in [5.41, 5.74) is 0.576. The van der Waals surface area contributed by atoms with E-state index in [-0.39, 0.29) is 24.0 Å². The van der Waals surface area contributed by atoms with E-state index in [1.165, 1.54) is 7.11 Å². The van der Waals surface area contributed by atoms with Gasteiger partial charge in [0.05, 0.1) is 13.5 Å². The fraction of sp³-hybridized carbons (Fsp3) is 0.467. The number of piperidine rings is 1. The van der Waals surface area contributed by atoms with Crippen LogP contribution >= 0.6 is 0 Å². The summed E-state index contributed by atoms with van der Waals surface area (Å²) in [6.45, 7) is 0.562. The molecule has 1 aromatic carbocycles. The summed E-state index contributed by atoms with van der Waals surface area (Å²) in [4.78, 5) is 25.7. The van der Waals surface area contributed by atoms with Crippen LogP contribution in [0.1, 0.15) is 24.8 Å². The number of hydrogen-bond donors (Lipinski definition) is 1. The van der Waals surface area contributed by atoms with Crippen molar-refractivity contribution < 1.29 is 19.4 Å². The van der Waals surface area contributed by atoms with Crippen molar-refractivity contribution in [1.82, 2.24) is 4.90 Å². The van der Waals surface area contributed by atoms with Gasteiger partial charge in [0.1, 0.15) is 11.8 Å². The third-order valence-electron chi connectivity index (χ3n) is 3.63. The van der Waals surface area contributed by atoms with Crippen molar-refractivity contribution in [2.75, 3.05) is 13.7 Å². The zero-order valence-electron chi connectivity index (χ0n) is 11.5. The Morgan fingerprint density at radius 2 is 2.10 bits per heavy atom. The van der Waals surface area contributed by atoms with Crippen molar-refractivity contribution in [2.24, 2.45) is 0 Å². The second-order valence-corrected chi connectivity index (χ2v) is 4.93. The zero-order chi connectivity index (χ0) is 14.5. The van der Waals surface area contributed by atoms with Gasteiger partial charge in [0.25, 0.3) is 0 Å². The van der Waals surface area contributed by atoms with E-state index in [9.17, 15) is 14.7 Å². The fourth-order valence-electron chi connectivity index (χ4n) is 2.54. The fourth-order valence-corrected chi connectivity index (χ4v) is 2.54. The molecule has 0 aromatic heterocycles. The molecule has 5 nitrogen and oxygen atoms in total. The van der Waals surface area contributed by atoms with Gasteiger partial charge < -0.3 is 14.7 Å². The highest BCUT2D eigenvalue weighted by Gasteiger charge is 2.32. The molecule has 1 aromatic rings. The van der Waals surface area contributed by atoms with Crippen LogP contribution in [-0.2, 0) is 20.7 Å². The number of ether oxygens (including phenoxy) is 1. The third-order valence-corrected chi connectivity index (χ3v) is 3.63. The maximum absolute atomic E-state index is 12.4. The Hall–Kier alpha value is -2.04. The largest absolute Gasteiger partial charge is 0.508 e. The molecule has 1 aliphatic heterocycles. The van der Waals surface area contributed by atoms with E-state index in [2.05, 4.69) is 0 Å². The number of aromatic hydroxyl groups is 1. The van der Waals surface area contributed by atoms with Gasteiger partial charge in [0.15, 0.2) is 0 Å². The van der Waals surface area contributed by atoms with Gasteiger partial charge in [-0.15, -0.1) is 0 Å². The van der Waals surface area contributed by atoms with Crippen LogP contribution in [0.5, 0.6) is 5.75 Å². The van der Waals surface area contributed by atoms with Crippen molar-refractivity contribution >= 4 is 11.9 Å². The molecule has 1 fully saturated rings. The van der Waals surface area contributed by atoms with Gasteiger partial charge in [0.2, 0.25) is 5.91 Å². The lowest BCUT2D eigenvalue weighted by atomic mass is 10.0. The number of para-hydroxylation sites is 1. The number of likely N-dealkylation sites (tertiary alicyclic amines) is 1. The average Bonchev–Trinajstić information content (AvgIpc) is 2.48. The number of nitrogens with zero attached hydrogens (tertiary/aromatic N) is 1. The molecule has 1 amide bonds. The van der Waals surface area contributed by atoms with Crippen LogP contribution in [0.15, 0.2) is 24.3 Å². The van der Waals surface area contributed by atoms with Crippen LogP contribution in [0.25, 0.3) is 0 Å². The molecule has 2 rings (SSSR count). The zero-order valence-corrected chi connectivity index (χ0v) is 11.5. The van der Waals surface area contributed by atoms with Crippen molar-refractivity contribution in [2.45, 2.75) is 31.7 Å². The first kappa shape index (κ1) is 14.4. The molecule has 0 radical (unpaired) electrons. The van der Waals surface area contributed by atoms with Crippen LogP contribution in [0, 0.1) is 0 Å². The lowest BCUT2D eigenvalue weighted by molar-refractivity contribution is -0.154. The van der Waals surface area contributed by atoms with Crippen LogP contribution in [0.2, 0.25) is 0 Å². The summed E-state index contributed by atoms with van der Waals surface area (Å²) >= 11 is 0.